The second-order valence-corrected chi connectivity index (χ2v) is 7.06. The summed E-state index contributed by atoms with van der Waals surface area (Å²) in [6, 6.07) is 0. The van der Waals surface area contributed by atoms with Crippen LogP contribution in [0.25, 0.3) is 0 Å². The molecule has 0 amide bonds. The molecular formula is C17H30. The first-order valence-electron chi connectivity index (χ1n) is 7.72. The fraction of sp³-hybridized carbons (Fsp3) is 0.882. The lowest BCUT2D eigenvalue weighted by Crippen LogP contribution is -2.41. The third kappa shape index (κ3) is 2.33. The van der Waals surface area contributed by atoms with E-state index < -0.39 is 0 Å². The molecule has 0 aromatic rings. The first-order valence-corrected chi connectivity index (χ1v) is 7.72. The summed E-state index contributed by atoms with van der Waals surface area (Å²) < 4.78 is 0. The van der Waals surface area contributed by atoms with E-state index in [2.05, 4.69) is 39.8 Å². The zero-order valence-electron chi connectivity index (χ0n) is 12.2. The van der Waals surface area contributed by atoms with Gasteiger partial charge in [-0.1, -0.05) is 52.7 Å². The zero-order chi connectivity index (χ0) is 12.5. The van der Waals surface area contributed by atoms with Crippen LogP contribution in [0.3, 0.4) is 0 Å². The number of hydrogen-bond donors (Lipinski definition) is 0. The van der Waals surface area contributed by atoms with Gasteiger partial charge in [-0.15, -0.1) is 0 Å². The molecule has 0 aromatic carbocycles. The first-order chi connectivity index (χ1) is 8.07. The molecule has 0 saturated heterocycles. The maximum absolute atomic E-state index is 2.49. The predicted molar refractivity (Wildman–Crippen MR) is 75.9 cm³/mol. The van der Waals surface area contributed by atoms with E-state index in [1.54, 1.807) is 0 Å². The molecule has 1 saturated carbocycles. The molecule has 1 fully saturated rings. The van der Waals surface area contributed by atoms with Crippen LogP contribution in [0.1, 0.15) is 66.2 Å². The van der Waals surface area contributed by atoms with E-state index in [0.29, 0.717) is 5.41 Å². The van der Waals surface area contributed by atoms with Crippen LogP contribution in [-0.4, -0.2) is 0 Å². The molecule has 0 spiro atoms. The number of hydrogen-bond acceptors (Lipinski definition) is 0. The molecule has 17 heavy (non-hydrogen) atoms. The highest BCUT2D eigenvalue weighted by molar-refractivity contribution is 5.02. The fourth-order valence-electron chi connectivity index (χ4n) is 4.86. The van der Waals surface area contributed by atoms with Gasteiger partial charge < -0.3 is 0 Å². The second-order valence-electron chi connectivity index (χ2n) is 7.06. The van der Waals surface area contributed by atoms with Crippen LogP contribution in [0.5, 0.6) is 0 Å². The molecule has 0 radical (unpaired) electrons. The zero-order valence-corrected chi connectivity index (χ0v) is 12.2. The molecule has 2 aliphatic rings. The van der Waals surface area contributed by atoms with Crippen LogP contribution >= 0.6 is 0 Å². The molecule has 0 aromatic heterocycles. The van der Waals surface area contributed by atoms with E-state index >= 15 is 0 Å². The van der Waals surface area contributed by atoms with Crippen molar-refractivity contribution in [3.8, 4) is 0 Å². The van der Waals surface area contributed by atoms with E-state index in [0.717, 1.165) is 23.7 Å². The summed E-state index contributed by atoms with van der Waals surface area (Å²) in [6.45, 7) is 9.89. The molecule has 2 atom stereocenters. The minimum absolute atomic E-state index is 0.603. The summed E-state index contributed by atoms with van der Waals surface area (Å²) in [6.07, 6.45) is 13.5. The van der Waals surface area contributed by atoms with E-state index in [4.69, 9.17) is 0 Å². The Labute approximate surface area is 108 Å². The molecule has 2 unspecified atom stereocenters. The molecule has 2 aliphatic carbocycles. The van der Waals surface area contributed by atoms with Gasteiger partial charge in [-0.05, 0) is 54.8 Å². The lowest BCUT2D eigenvalue weighted by atomic mass is 9.56. The second kappa shape index (κ2) is 5.16. The molecule has 0 heterocycles. The number of allylic oxidation sites excluding steroid dienone is 2. The van der Waals surface area contributed by atoms with Crippen molar-refractivity contribution in [3.05, 3.63) is 12.2 Å². The largest absolute Gasteiger partial charge is 0.0883 e. The van der Waals surface area contributed by atoms with E-state index in [1.165, 1.54) is 38.5 Å². The number of rotatable bonds is 2. The van der Waals surface area contributed by atoms with Crippen LogP contribution in [0.15, 0.2) is 12.2 Å². The maximum Gasteiger partial charge on any atom is -0.0217 e. The van der Waals surface area contributed by atoms with Crippen molar-refractivity contribution in [2.45, 2.75) is 66.2 Å². The van der Waals surface area contributed by atoms with Crippen LogP contribution in [0, 0.1) is 29.1 Å². The molecule has 0 nitrogen and oxygen atoms in total. The molecule has 0 aliphatic heterocycles. The van der Waals surface area contributed by atoms with Crippen LogP contribution in [-0.2, 0) is 0 Å². The van der Waals surface area contributed by atoms with Gasteiger partial charge in [0.25, 0.3) is 0 Å². The third-order valence-corrected chi connectivity index (χ3v) is 5.77. The summed E-state index contributed by atoms with van der Waals surface area (Å²) in [5, 5.41) is 0. The predicted octanol–water partition coefficient (Wildman–Crippen LogP) is 5.44. The molecule has 0 N–H and O–H groups in total. The van der Waals surface area contributed by atoms with Crippen molar-refractivity contribution in [2.75, 3.05) is 0 Å². The SMILES string of the molecule is CC(C)C1(C(C)C)CC2C/C=C\CC1CCC2. The minimum Gasteiger partial charge on any atom is -0.0883 e. The van der Waals surface area contributed by atoms with Crippen molar-refractivity contribution >= 4 is 0 Å². The minimum atomic E-state index is 0.603. The average Bonchev–Trinajstić information content (AvgIpc) is 2.32. The van der Waals surface area contributed by atoms with Gasteiger partial charge in [0.05, 0.1) is 0 Å². The van der Waals surface area contributed by atoms with Gasteiger partial charge in [0, 0.05) is 0 Å². The Morgan fingerprint density at radius 1 is 0.941 bits per heavy atom. The van der Waals surface area contributed by atoms with Gasteiger partial charge in [-0.3, -0.25) is 0 Å². The molecule has 98 valence electrons. The summed E-state index contributed by atoms with van der Waals surface area (Å²) in [7, 11) is 0. The highest BCUT2D eigenvalue weighted by atomic mass is 14.5. The maximum atomic E-state index is 2.49. The van der Waals surface area contributed by atoms with Crippen LogP contribution in [0.4, 0.5) is 0 Å². The van der Waals surface area contributed by atoms with Crippen molar-refractivity contribution in [1.82, 2.24) is 0 Å². The van der Waals surface area contributed by atoms with Crippen LogP contribution < -0.4 is 0 Å². The highest BCUT2D eigenvalue weighted by Crippen LogP contribution is 2.54. The van der Waals surface area contributed by atoms with Crippen molar-refractivity contribution in [1.29, 1.82) is 0 Å². The van der Waals surface area contributed by atoms with E-state index in [1.807, 2.05) is 0 Å². The fourth-order valence-corrected chi connectivity index (χ4v) is 4.86. The van der Waals surface area contributed by atoms with Gasteiger partial charge in [0.15, 0.2) is 0 Å². The topological polar surface area (TPSA) is 0 Å². The average molecular weight is 234 g/mol. The molecule has 2 rings (SSSR count). The smallest absolute Gasteiger partial charge is 0.0217 e. The molecular weight excluding hydrogens is 204 g/mol. The monoisotopic (exact) mass is 234 g/mol. The Hall–Kier alpha value is -0.260. The quantitative estimate of drug-likeness (QED) is 0.558. The normalized spacial score (nSPS) is 34.5. The van der Waals surface area contributed by atoms with Crippen LogP contribution in [0.2, 0.25) is 0 Å². The van der Waals surface area contributed by atoms with Gasteiger partial charge in [-0.2, -0.15) is 0 Å². The third-order valence-electron chi connectivity index (χ3n) is 5.77. The molecule has 0 heteroatoms. The summed E-state index contributed by atoms with van der Waals surface area (Å²) in [5.74, 6) is 3.56. The van der Waals surface area contributed by atoms with Crippen molar-refractivity contribution in [3.63, 3.8) is 0 Å². The Morgan fingerprint density at radius 2 is 1.59 bits per heavy atom. The highest BCUT2D eigenvalue weighted by Gasteiger charge is 2.46. The number of fused-ring (bicyclic) bond motifs is 3. The molecule has 2 bridgehead atoms. The van der Waals surface area contributed by atoms with Gasteiger partial charge in [0.1, 0.15) is 0 Å². The van der Waals surface area contributed by atoms with Gasteiger partial charge in [0.2, 0.25) is 0 Å². The summed E-state index contributed by atoms with van der Waals surface area (Å²) in [4.78, 5) is 0. The van der Waals surface area contributed by atoms with Gasteiger partial charge in [-0.25, -0.2) is 0 Å². The van der Waals surface area contributed by atoms with E-state index in [9.17, 15) is 0 Å². The standard InChI is InChI=1S/C17H30/c1-13(2)17(14(3)4)12-15-8-5-6-10-16(17)11-7-9-15/h5-6,13-16H,7-12H2,1-4H3/b6-5-. The summed E-state index contributed by atoms with van der Waals surface area (Å²) in [5.41, 5.74) is 0.603. The van der Waals surface area contributed by atoms with E-state index in [-0.39, 0.29) is 0 Å². The van der Waals surface area contributed by atoms with Gasteiger partial charge >= 0.3 is 0 Å². The summed E-state index contributed by atoms with van der Waals surface area (Å²) >= 11 is 0. The Kier molecular flexibility index (Phi) is 4.00. The lowest BCUT2D eigenvalue weighted by molar-refractivity contribution is 0.0103. The van der Waals surface area contributed by atoms with Crippen molar-refractivity contribution in [2.24, 2.45) is 29.1 Å². The first kappa shape index (κ1) is 13.2. The Balaban J connectivity index is 2.38. The Bertz CT molecular complexity index is 264. The Morgan fingerprint density at radius 3 is 2.24 bits per heavy atom. The lowest BCUT2D eigenvalue weighted by Gasteiger charge is -2.49. The van der Waals surface area contributed by atoms with Crippen molar-refractivity contribution < 1.29 is 0 Å².